The number of sulfonamides is 1. The summed E-state index contributed by atoms with van der Waals surface area (Å²) in [5.41, 5.74) is 4.72. The average Bonchev–Trinajstić information content (AvgIpc) is 3.01. The van der Waals surface area contributed by atoms with Gasteiger partial charge in [0.2, 0.25) is 15.9 Å². The van der Waals surface area contributed by atoms with Crippen LogP contribution in [0.2, 0.25) is 16.6 Å². The van der Waals surface area contributed by atoms with E-state index in [4.69, 9.17) is 24.4 Å². The highest BCUT2D eigenvalue weighted by atomic mass is 32.2. The third-order valence-corrected chi connectivity index (χ3v) is 16.5. The number of esters is 1. The van der Waals surface area contributed by atoms with Crippen LogP contribution in [0.1, 0.15) is 74.8 Å². The number of benzene rings is 3. The lowest BCUT2D eigenvalue weighted by molar-refractivity contribution is -0.182. The van der Waals surface area contributed by atoms with Crippen molar-refractivity contribution in [1.82, 2.24) is 4.72 Å². The lowest BCUT2D eigenvalue weighted by Crippen LogP contribution is -2.63. The van der Waals surface area contributed by atoms with Gasteiger partial charge in [0.05, 0.1) is 6.61 Å². The van der Waals surface area contributed by atoms with Gasteiger partial charge < -0.3 is 24.4 Å². The number of nitrogens with two attached hydrogens (primary N) is 1. The normalized spacial score (nSPS) is 14.6. The van der Waals surface area contributed by atoms with E-state index in [0.29, 0.717) is 23.0 Å². The highest BCUT2D eigenvalue weighted by Crippen LogP contribution is 2.44. The van der Waals surface area contributed by atoms with Crippen LogP contribution in [0.4, 0.5) is 0 Å². The summed E-state index contributed by atoms with van der Waals surface area (Å²) in [5, 5.41) is 2.10. The molecule has 49 heavy (non-hydrogen) atoms. The molecule has 0 aromatic heterocycles. The number of rotatable bonds is 16. The maximum Gasteiger partial charge on any atom is 0.340 e. The Labute approximate surface area is 293 Å². The van der Waals surface area contributed by atoms with E-state index in [0.717, 1.165) is 22.1 Å². The fraction of sp³-hybridized carbons (Fsp3) is 0.514. The first-order valence-corrected chi connectivity index (χ1v) is 20.3. The predicted molar refractivity (Wildman–Crippen MR) is 196 cm³/mol. The van der Waals surface area contributed by atoms with E-state index in [-0.39, 0.29) is 17.3 Å². The molecule has 2 unspecified atom stereocenters. The molecule has 0 bridgehead atoms. The number of methoxy groups -OCH3 is 1. The lowest BCUT2D eigenvalue weighted by atomic mass is 9.96. The summed E-state index contributed by atoms with van der Waals surface area (Å²) in [6, 6.07) is 16.5. The van der Waals surface area contributed by atoms with Gasteiger partial charge in [-0.1, -0.05) is 84.0 Å². The zero-order chi connectivity index (χ0) is 36.9. The summed E-state index contributed by atoms with van der Waals surface area (Å²) in [6.45, 7) is 19.8. The van der Waals surface area contributed by atoms with Crippen molar-refractivity contribution in [3.8, 4) is 11.5 Å². The van der Waals surface area contributed by atoms with Crippen LogP contribution in [0.15, 0.2) is 65.6 Å². The van der Waals surface area contributed by atoms with E-state index in [1.165, 1.54) is 32.2 Å². The number of amides is 1. The van der Waals surface area contributed by atoms with Gasteiger partial charge in [-0.15, -0.1) is 0 Å². The Balaban J connectivity index is 1.97. The van der Waals surface area contributed by atoms with Crippen LogP contribution in [0.5, 0.6) is 11.5 Å². The van der Waals surface area contributed by atoms with Gasteiger partial charge in [-0.2, -0.15) is 4.72 Å². The first-order valence-electron chi connectivity index (χ1n) is 16.7. The minimum absolute atomic E-state index is 0.0626. The van der Waals surface area contributed by atoms with Crippen molar-refractivity contribution in [2.24, 2.45) is 5.73 Å². The Morgan fingerprint density at radius 1 is 0.837 bits per heavy atom. The van der Waals surface area contributed by atoms with Gasteiger partial charge in [0.25, 0.3) is 8.32 Å². The quantitative estimate of drug-likeness (QED) is 0.121. The molecular weight excluding hydrogens is 661 g/mol. The monoisotopic (exact) mass is 714 g/mol. The second-order valence-electron chi connectivity index (χ2n) is 14.5. The van der Waals surface area contributed by atoms with Gasteiger partial charge in [-0.3, -0.25) is 4.79 Å². The molecule has 3 aromatic carbocycles. The van der Waals surface area contributed by atoms with E-state index >= 15 is 0 Å². The Kier molecular flexibility index (Phi) is 12.7. The first kappa shape index (κ1) is 40.0. The number of fused-ring (bicyclic) bond motifs is 1. The topological polar surface area (TPSA) is 143 Å². The van der Waals surface area contributed by atoms with Crippen LogP contribution < -0.4 is 19.6 Å². The molecule has 0 aliphatic rings. The standard InChI is InChI=1S/C37H54N2O8SSi/c1-24(2)49(25(3)4,26(5)6)47-30-21-20-27-16-12-13-17-28(27)29(30)22-23-45-31-18-14-15-19-32(31)48(42,43)39-33(34(38)40)37(10,44-11)35(41)46-36(7,8)9/h12-21,24-26,33,39H,22-23H2,1-11H3,(H2,38,40). The third kappa shape index (κ3) is 8.83. The third-order valence-electron chi connectivity index (χ3n) is 9.08. The molecule has 0 aliphatic carbocycles. The summed E-state index contributed by atoms with van der Waals surface area (Å²) in [6.07, 6.45) is 0.432. The van der Waals surface area contributed by atoms with E-state index in [1.807, 2.05) is 18.2 Å². The van der Waals surface area contributed by atoms with E-state index < -0.39 is 47.5 Å². The molecule has 3 rings (SSSR count). The molecule has 0 aliphatic heterocycles. The maximum atomic E-state index is 13.8. The van der Waals surface area contributed by atoms with Gasteiger partial charge in [0.1, 0.15) is 28.0 Å². The molecule has 0 radical (unpaired) electrons. The minimum Gasteiger partial charge on any atom is -0.542 e. The Bertz CT molecular complexity index is 1710. The SMILES string of the molecule is COC(C)(C(=O)OC(C)(C)C)C(NS(=O)(=O)c1ccccc1OCCc1c(O[Si](C(C)C)(C(C)C)C(C)C)ccc2ccccc12)C(N)=O. The van der Waals surface area contributed by atoms with Crippen molar-refractivity contribution >= 4 is 41.0 Å². The van der Waals surface area contributed by atoms with Crippen molar-refractivity contribution in [3.05, 3.63) is 66.2 Å². The van der Waals surface area contributed by atoms with Gasteiger partial charge in [-0.05, 0) is 73.3 Å². The van der Waals surface area contributed by atoms with Crippen LogP contribution in [0, 0.1) is 0 Å². The van der Waals surface area contributed by atoms with Crippen LogP contribution >= 0.6 is 0 Å². The highest BCUT2D eigenvalue weighted by molar-refractivity contribution is 7.89. The molecule has 0 saturated carbocycles. The zero-order valence-corrected chi connectivity index (χ0v) is 32.6. The van der Waals surface area contributed by atoms with Gasteiger partial charge in [0, 0.05) is 19.1 Å². The number of carbonyl (C=O) groups is 2. The predicted octanol–water partition coefficient (Wildman–Crippen LogP) is 6.89. The summed E-state index contributed by atoms with van der Waals surface area (Å²) in [5.74, 6) is -1.19. The molecule has 0 fully saturated rings. The number of hydrogen-bond acceptors (Lipinski definition) is 8. The molecule has 3 N–H and O–H groups in total. The van der Waals surface area contributed by atoms with Crippen molar-refractivity contribution in [2.45, 2.75) is 114 Å². The molecule has 0 saturated heterocycles. The number of primary amides is 1. The Morgan fingerprint density at radius 2 is 1.41 bits per heavy atom. The van der Waals surface area contributed by atoms with Crippen LogP contribution in [0.3, 0.4) is 0 Å². The van der Waals surface area contributed by atoms with Gasteiger partial charge >= 0.3 is 5.97 Å². The largest absolute Gasteiger partial charge is 0.542 e. The fourth-order valence-electron chi connectivity index (χ4n) is 6.63. The van der Waals surface area contributed by atoms with E-state index in [2.05, 4.69) is 64.5 Å². The van der Waals surface area contributed by atoms with Gasteiger partial charge in [0.15, 0.2) is 5.60 Å². The summed E-state index contributed by atoms with van der Waals surface area (Å²) in [4.78, 5) is 25.5. The second kappa shape index (κ2) is 15.6. The molecule has 2 atom stereocenters. The van der Waals surface area contributed by atoms with Crippen LogP contribution in [0.25, 0.3) is 10.8 Å². The molecule has 3 aromatic rings. The molecule has 0 spiro atoms. The number of ether oxygens (including phenoxy) is 3. The molecule has 10 nitrogen and oxygen atoms in total. The summed E-state index contributed by atoms with van der Waals surface area (Å²) in [7, 11) is -5.60. The van der Waals surface area contributed by atoms with Crippen molar-refractivity contribution in [1.29, 1.82) is 0 Å². The summed E-state index contributed by atoms with van der Waals surface area (Å²) >= 11 is 0. The van der Waals surface area contributed by atoms with Crippen molar-refractivity contribution in [2.75, 3.05) is 13.7 Å². The van der Waals surface area contributed by atoms with E-state index in [9.17, 15) is 18.0 Å². The first-order chi connectivity index (χ1) is 22.7. The highest BCUT2D eigenvalue weighted by Gasteiger charge is 2.50. The van der Waals surface area contributed by atoms with Gasteiger partial charge in [-0.25, -0.2) is 13.2 Å². The zero-order valence-electron chi connectivity index (χ0n) is 30.7. The molecule has 270 valence electrons. The average molecular weight is 715 g/mol. The molecule has 12 heteroatoms. The number of nitrogens with one attached hydrogen (secondary N) is 1. The van der Waals surface area contributed by atoms with Crippen LogP contribution in [-0.4, -0.2) is 59.6 Å². The van der Waals surface area contributed by atoms with Crippen LogP contribution in [-0.2, 0) is 35.5 Å². The smallest absolute Gasteiger partial charge is 0.340 e. The number of para-hydroxylation sites is 1. The van der Waals surface area contributed by atoms with Crippen molar-refractivity contribution < 1.29 is 36.6 Å². The molecule has 1 amide bonds. The minimum atomic E-state index is -4.48. The second-order valence-corrected chi connectivity index (χ2v) is 21.6. The van der Waals surface area contributed by atoms with Crippen molar-refractivity contribution in [3.63, 3.8) is 0 Å². The number of hydrogen-bond donors (Lipinski definition) is 2. The lowest BCUT2D eigenvalue weighted by Gasteiger charge is -2.42. The Hall–Kier alpha value is -3.45. The Morgan fingerprint density at radius 3 is 1.96 bits per heavy atom. The fourth-order valence-corrected chi connectivity index (χ4v) is 13.3. The number of carbonyl (C=O) groups excluding carboxylic acids is 2. The summed E-state index contributed by atoms with van der Waals surface area (Å²) < 4.78 is 54.1. The molecule has 0 heterocycles. The van der Waals surface area contributed by atoms with E-state index in [1.54, 1.807) is 26.8 Å². The molecular formula is C37H54N2O8SSi. The maximum absolute atomic E-state index is 13.8.